The van der Waals surface area contributed by atoms with Crippen molar-refractivity contribution in [3.05, 3.63) is 66.0 Å². The van der Waals surface area contributed by atoms with E-state index >= 15 is 0 Å². The normalized spacial score (nSPS) is 11.0. The Morgan fingerprint density at radius 2 is 1.64 bits per heavy atom. The third-order valence-corrected chi connectivity index (χ3v) is 3.61. The Morgan fingerprint density at radius 1 is 1.00 bits per heavy atom. The maximum Gasteiger partial charge on any atom is 0.413 e. The zero-order chi connectivity index (χ0) is 20.4. The minimum Gasteiger partial charge on any atom is -0.453 e. The van der Waals surface area contributed by atoms with Crippen molar-refractivity contribution in [2.75, 3.05) is 26.1 Å². The number of methoxy groups -OCH3 is 2. The van der Waals surface area contributed by atoms with Gasteiger partial charge >= 0.3 is 12.2 Å². The standard InChI is InChI=1S/C19H21FN4O4/c1-27-18(25)23-17(24-19(26)28-2)21-12-16(13-7-6-8-14(20)11-13)22-15-9-4-3-5-10-15/h3-11,16,22H,12H2,1-2H3,(H2,21,23,24,25,26). The molecule has 0 radical (unpaired) electrons. The lowest BCUT2D eigenvalue weighted by Crippen LogP contribution is -2.44. The molecular weight excluding hydrogens is 367 g/mol. The lowest BCUT2D eigenvalue weighted by molar-refractivity contribution is 0.173. The van der Waals surface area contributed by atoms with Gasteiger partial charge in [-0.15, -0.1) is 0 Å². The highest BCUT2D eigenvalue weighted by Gasteiger charge is 2.15. The molecule has 0 heterocycles. The predicted molar refractivity (Wildman–Crippen MR) is 103 cm³/mol. The molecule has 0 spiro atoms. The zero-order valence-electron chi connectivity index (χ0n) is 15.4. The van der Waals surface area contributed by atoms with E-state index in [0.717, 1.165) is 5.69 Å². The lowest BCUT2D eigenvalue weighted by atomic mass is 10.1. The van der Waals surface area contributed by atoms with Gasteiger partial charge in [0, 0.05) is 5.69 Å². The van der Waals surface area contributed by atoms with Crippen LogP contribution in [0.15, 0.2) is 59.6 Å². The van der Waals surface area contributed by atoms with Crippen LogP contribution in [0.4, 0.5) is 19.7 Å². The van der Waals surface area contributed by atoms with Crippen molar-refractivity contribution in [1.82, 2.24) is 10.6 Å². The van der Waals surface area contributed by atoms with Gasteiger partial charge in [-0.1, -0.05) is 30.3 Å². The van der Waals surface area contributed by atoms with Crippen LogP contribution < -0.4 is 16.0 Å². The number of nitrogens with zero attached hydrogens (tertiary/aromatic N) is 1. The highest BCUT2D eigenvalue weighted by Crippen LogP contribution is 2.20. The van der Waals surface area contributed by atoms with E-state index in [0.29, 0.717) is 5.56 Å². The number of para-hydroxylation sites is 1. The molecule has 0 saturated carbocycles. The number of rotatable bonds is 5. The van der Waals surface area contributed by atoms with Crippen LogP contribution in [0.25, 0.3) is 0 Å². The third-order valence-electron chi connectivity index (χ3n) is 3.61. The smallest absolute Gasteiger partial charge is 0.413 e. The molecule has 0 aliphatic heterocycles. The van der Waals surface area contributed by atoms with E-state index in [2.05, 4.69) is 30.4 Å². The van der Waals surface area contributed by atoms with Gasteiger partial charge in [-0.3, -0.25) is 10.6 Å². The van der Waals surface area contributed by atoms with Gasteiger partial charge in [0.2, 0.25) is 5.96 Å². The molecule has 1 atom stereocenters. The van der Waals surface area contributed by atoms with Crippen molar-refractivity contribution in [3.63, 3.8) is 0 Å². The van der Waals surface area contributed by atoms with Crippen molar-refractivity contribution >= 4 is 23.8 Å². The summed E-state index contributed by atoms with van der Waals surface area (Å²) in [7, 11) is 2.36. The second-order valence-corrected chi connectivity index (χ2v) is 5.54. The van der Waals surface area contributed by atoms with E-state index in [4.69, 9.17) is 0 Å². The molecule has 8 nitrogen and oxygen atoms in total. The first-order valence-electron chi connectivity index (χ1n) is 8.33. The third kappa shape index (κ3) is 6.60. The molecule has 3 N–H and O–H groups in total. The number of nitrogens with one attached hydrogen (secondary N) is 3. The second kappa shape index (κ2) is 10.5. The predicted octanol–water partition coefficient (Wildman–Crippen LogP) is 3.05. The number of aliphatic imine (C=N–C) groups is 1. The molecule has 0 aromatic heterocycles. The highest BCUT2D eigenvalue weighted by atomic mass is 19.1. The molecule has 0 aliphatic carbocycles. The van der Waals surface area contributed by atoms with Crippen LogP contribution in [-0.4, -0.2) is 38.9 Å². The average molecular weight is 388 g/mol. The second-order valence-electron chi connectivity index (χ2n) is 5.54. The Balaban J connectivity index is 2.26. The summed E-state index contributed by atoms with van der Waals surface area (Å²) in [6.07, 6.45) is -1.62. The summed E-state index contributed by atoms with van der Waals surface area (Å²) in [6, 6.07) is 14.9. The Morgan fingerprint density at radius 3 is 2.21 bits per heavy atom. The summed E-state index contributed by atoms with van der Waals surface area (Å²) in [6.45, 7) is 0.0711. The van der Waals surface area contributed by atoms with Crippen molar-refractivity contribution in [2.24, 2.45) is 4.99 Å². The summed E-state index contributed by atoms with van der Waals surface area (Å²) in [5.41, 5.74) is 1.44. The van der Waals surface area contributed by atoms with Gasteiger partial charge in [-0.05, 0) is 29.8 Å². The van der Waals surface area contributed by atoms with Crippen LogP contribution in [0.2, 0.25) is 0 Å². The number of anilines is 1. The molecule has 0 saturated heterocycles. The van der Waals surface area contributed by atoms with Crippen LogP contribution in [0, 0.1) is 5.82 Å². The van der Waals surface area contributed by atoms with Crippen LogP contribution in [0.3, 0.4) is 0 Å². The first kappa shape index (κ1) is 20.7. The molecule has 2 aromatic rings. The van der Waals surface area contributed by atoms with E-state index in [1.54, 1.807) is 12.1 Å². The van der Waals surface area contributed by atoms with Gasteiger partial charge in [0.05, 0.1) is 26.8 Å². The van der Waals surface area contributed by atoms with Crippen LogP contribution >= 0.6 is 0 Å². The Bertz CT molecular complexity index is 810. The van der Waals surface area contributed by atoms with Crippen LogP contribution in [0.1, 0.15) is 11.6 Å². The molecule has 2 rings (SSSR count). The summed E-state index contributed by atoms with van der Waals surface area (Å²) in [5, 5.41) is 7.83. The molecule has 9 heteroatoms. The molecule has 2 aromatic carbocycles. The van der Waals surface area contributed by atoms with Crippen molar-refractivity contribution < 1.29 is 23.5 Å². The topological polar surface area (TPSA) is 101 Å². The minimum absolute atomic E-state index is 0.0711. The molecule has 148 valence electrons. The number of amides is 2. The van der Waals surface area contributed by atoms with E-state index in [1.165, 1.54) is 26.4 Å². The van der Waals surface area contributed by atoms with Gasteiger partial charge in [0.1, 0.15) is 5.82 Å². The summed E-state index contributed by atoms with van der Waals surface area (Å²) >= 11 is 0. The number of alkyl carbamates (subject to hydrolysis) is 2. The van der Waals surface area contributed by atoms with Crippen molar-refractivity contribution in [3.8, 4) is 0 Å². The largest absolute Gasteiger partial charge is 0.453 e. The number of benzene rings is 2. The summed E-state index contributed by atoms with van der Waals surface area (Å²) in [5.74, 6) is -0.545. The van der Waals surface area contributed by atoms with Crippen molar-refractivity contribution in [1.29, 1.82) is 0 Å². The number of carbonyl (C=O) groups excluding carboxylic acids is 2. The van der Waals surface area contributed by atoms with E-state index < -0.39 is 18.2 Å². The number of ether oxygens (including phenoxy) is 2. The quantitative estimate of drug-likeness (QED) is 0.540. The summed E-state index contributed by atoms with van der Waals surface area (Å²) in [4.78, 5) is 27.2. The maximum absolute atomic E-state index is 13.7. The van der Waals surface area contributed by atoms with E-state index in [9.17, 15) is 14.0 Å². The molecule has 0 fully saturated rings. The fourth-order valence-electron chi connectivity index (χ4n) is 2.28. The Hall–Kier alpha value is -3.62. The van der Waals surface area contributed by atoms with E-state index in [-0.39, 0.29) is 18.3 Å². The monoisotopic (exact) mass is 388 g/mol. The molecular formula is C19H21FN4O4. The van der Waals surface area contributed by atoms with Crippen molar-refractivity contribution in [2.45, 2.75) is 6.04 Å². The molecule has 0 aliphatic rings. The zero-order valence-corrected chi connectivity index (χ0v) is 15.4. The van der Waals surface area contributed by atoms with Crippen LogP contribution in [0.5, 0.6) is 0 Å². The highest BCUT2D eigenvalue weighted by molar-refractivity contribution is 6.01. The Kier molecular flexibility index (Phi) is 7.77. The molecule has 0 bridgehead atoms. The number of guanidine groups is 1. The SMILES string of the molecule is COC(=O)NC(=NCC(Nc1ccccc1)c1cccc(F)c1)NC(=O)OC. The first-order valence-corrected chi connectivity index (χ1v) is 8.33. The molecule has 2 amide bonds. The Labute approximate surface area is 161 Å². The number of hydrogen-bond acceptors (Lipinski definition) is 6. The lowest BCUT2D eigenvalue weighted by Gasteiger charge is -2.19. The number of halogens is 1. The van der Waals surface area contributed by atoms with Crippen LogP contribution in [-0.2, 0) is 9.47 Å². The van der Waals surface area contributed by atoms with E-state index in [1.807, 2.05) is 30.3 Å². The van der Waals surface area contributed by atoms with Gasteiger partial charge in [0.15, 0.2) is 0 Å². The van der Waals surface area contributed by atoms with Gasteiger partial charge in [-0.2, -0.15) is 0 Å². The maximum atomic E-state index is 13.7. The molecule has 28 heavy (non-hydrogen) atoms. The van der Waals surface area contributed by atoms with Gasteiger partial charge in [-0.25, -0.2) is 19.0 Å². The average Bonchev–Trinajstić information content (AvgIpc) is 2.71. The number of hydrogen-bond donors (Lipinski definition) is 3. The minimum atomic E-state index is -0.812. The molecule has 1 unspecified atom stereocenters. The first-order chi connectivity index (χ1) is 13.5. The summed E-state index contributed by atoms with van der Waals surface area (Å²) < 4.78 is 22.7. The fourth-order valence-corrected chi connectivity index (χ4v) is 2.28. The number of carbonyl (C=O) groups is 2. The van der Waals surface area contributed by atoms with Gasteiger partial charge in [0.25, 0.3) is 0 Å². The fraction of sp³-hybridized carbons (Fsp3) is 0.211. The van der Waals surface area contributed by atoms with Gasteiger partial charge < -0.3 is 14.8 Å².